The molecule has 0 saturated heterocycles. The zero-order chi connectivity index (χ0) is 26.7. The van der Waals surface area contributed by atoms with Crippen LogP contribution in [0.25, 0.3) is 22.0 Å². The molecule has 1 aromatic heterocycles. The molecule has 0 unspecified atom stereocenters. The van der Waals surface area contributed by atoms with Crippen LogP contribution in [0, 0.1) is 5.41 Å². The lowest BCUT2D eigenvalue weighted by atomic mass is 9.87. The third-order valence-electron chi connectivity index (χ3n) is 6.32. The Bertz CT molecular complexity index is 1480. The summed E-state index contributed by atoms with van der Waals surface area (Å²) < 4.78 is 0. The van der Waals surface area contributed by atoms with Gasteiger partial charge in [0.1, 0.15) is 0 Å². The molecule has 8 heteroatoms. The molecule has 0 aliphatic heterocycles. The summed E-state index contributed by atoms with van der Waals surface area (Å²) >= 11 is 0. The van der Waals surface area contributed by atoms with E-state index in [0.29, 0.717) is 22.4 Å². The van der Waals surface area contributed by atoms with Crippen molar-refractivity contribution < 1.29 is 24.6 Å². The van der Waals surface area contributed by atoms with Crippen LogP contribution < -0.4 is 10.6 Å². The molecule has 8 nitrogen and oxygen atoms in total. The number of aromatic amines is 1. The number of aromatic carboxylic acids is 1. The molecule has 0 radical (unpaired) electrons. The normalized spacial score (nSPS) is 12.2. The fraction of sp³-hybridized carbons (Fsp3) is 0.207. The van der Waals surface area contributed by atoms with Gasteiger partial charge in [-0.1, -0.05) is 51.1 Å². The Hall–Kier alpha value is -4.43. The molecule has 5 N–H and O–H groups in total. The molecule has 1 atom stereocenters. The van der Waals surface area contributed by atoms with E-state index in [9.17, 15) is 24.6 Å². The molecule has 4 aromatic rings. The van der Waals surface area contributed by atoms with Crippen molar-refractivity contribution in [3.63, 3.8) is 0 Å². The van der Waals surface area contributed by atoms with Crippen molar-refractivity contribution in [2.75, 3.05) is 11.9 Å². The molecule has 0 saturated carbocycles. The Morgan fingerprint density at radius 2 is 1.62 bits per heavy atom. The number of rotatable bonds is 7. The molecular formula is C29H29N3O5. The number of carbonyl (C=O) groups excluding carboxylic acids is 2. The number of aliphatic hydroxyl groups is 1. The second-order valence-corrected chi connectivity index (χ2v) is 9.92. The average Bonchev–Trinajstić information content (AvgIpc) is 3.34. The lowest BCUT2D eigenvalue weighted by molar-refractivity contribution is 0.0697. The van der Waals surface area contributed by atoms with Crippen molar-refractivity contribution in [2.45, 2.75) is 26.8 Å². The van der Waals surface area contributed by atoms with Crippen LogP contribution in [0.1, 0.15) is 51.8 Å². The number of aromatic nitrogens is 1. The summed E-state index contributed by atoms with van der Waals surface area (Å²) in [6.45, 7) is 5.41. The third-order valence-corrected chi connectivity index (χ3v) is 6.32. The third kappa shape index (κ3) is 5.54. The number of hydrogen-bond donors (Lipinski definition) is 5. The summed E-state index contributed by atoms with van der Waals surface area (Å²) in [7, 11) is 0. The predicted molar refractivity (Wildman–Crippen MR) is 143 cm³/mol. The number of amides is 2. The molecule has 4 rings (SSSR count). The van der Waals surface area contributed by atoms with Crippen LogP contribution in [0.2, 0.25) is 0 Å². The molecule has 37 heavy (non-hydrogen) atoms. The zero-order valence-electron chi connectivity index (χ0n) is 20.8. The number of carbonyl (C=O) groups is 3. The number of anilines is 1. The van der Waals surface area contributed by atoms with Crippen LogP contribution in [-0.2, 0) is 0 Å². The second kappa shape index (κ2) is 10.3. The molecule has 190 valence electrons. The largest absolute Gasteiger partial charge is 0.478 e. The Morgan fingerprint density at radius 1 is 0.892 bits per heavy atom. The first-order chi connectivity index (χ1) is 17.6. The average molecular weight is 500 g/mol. The van der Waals surface area contributed by atoms with Gasteiger partial charge in [0.05, 0.1) is 18.2 Å². The molecule has 0 aliphatic rings. The molecule has 0 bridgehead atoms. The second-order valence-electron chi connectivity index (χ2n) is 9.92. The van der Waals surface area contributed by atoms with E-state index in [1.165, 1.54) is 18.2 Å². The number of carboxylic acid groups (broad SMARTS) is 1. The number of aliphatic hydroxyl groups excluding tert-OH is 1. The van der Waals surface area contributed by atoms with Crippen LogP contribution in [-0.4, -0.2) is 45.6 Å². The van der Waals surface area contributed by atoms with Crippen molar-refractivity contribution in [3.05, 3.63) is 89.6 Å². The van der Waals surface area contributed by atoms with E-state index < -0.39 is 29.2 Å². The van der Waals surface area contributed by atoms with Crippen LogP contribution in [0.15, 0.2) is 72.9 Å². The summed E-state index contributed by atoms with van der Waals surface area (Å²) in [6, 6.07) is 18.0. The quantitative estimate of drug-likeness (QED) is 0.246. The highest BCUT2D eigenvalue weighted by Crippen LogP contribution is 2.30. The number of nitrogens with one attached hydrogen (secondary N) is 3. The highest BCUT2D eigenvalue weighted by atomic mass is 16.4. The van der Waals surface area contributed by atoms with E-state index in [-0.39, 0.29) is 17.7 Å². The predicted octanol–water partition coefficient (Wildman–Crippen LogP) is 4.92. The number of H-pyrrole nitrogens is 1. The van der Waals surface area contributed by atoms with Crippen molar-refractivity contribution >= 4 is 34.4 Å². The van der Waals surface area contributed by atoms with E-state index >= 15 is 0 Å². The molecular weight excluding hydrogens is 470 g/mol. The van der Waals surface area contributed by atoms with E-state index in [0.717, 1.165) is 10.9 Å². The van der Waals surface area contributed by atoms with Crippen molar-refractivity contribution in [1.82, 2.24) is 10.3 Å². The van der Waals surface area contributed by atoms with Crippen LogP contribution in [0.4, 0.5) is 5.69 Å². The molecule has 0 aliphatic carbocycles. The monoisotopic (exact) mass is 499 g/mol. The summed E-state index contributed by atoms with van der Waals surface area (Å²) in [5.74, 6) is -2.11. The molecule has 1 heterocycles. The van der Waals surface area contributed by atoms with Gasteiger partial charge < -0.3 is 25.8 Å². The summed E-state index contributed by atoms with van der Waals surface area (Å²) in [4.78, 5) is 41.4. The highest BCUT2D eigenvalue weighted by molar-refractivity contribution is 6.11. The molecule has 3 aromatic carbocycles. The first-order valence-electron chi connectivity index (χ1n) is 11.9. The van der Waals surface area contributed by atoms with E-state index in [1.54, 1.807) is 30.3 Å². The van der Waals surface area contributed by atoms with Crippen LogP contribution >= 0.6 is 0 Å². The lowest BCUT2D eigenvalue weighted by Crippen LogP contribution is -2.46. The van der Waals surface area contributed by atoms with Crippen molar-refractivity contribution in [2.24, 2.45) is 5.41 Å². The fourth-order valence-corrected chi connectivity index (χ4v) is 4.11. The number of carboxylic acids is 1. The van der Waals surface area contributed by atoms with Crippen LogP contribution in [0.3, 0.4) is 0 Å². The van der Waals surface area contributed by atoms with Gasteiger partial charge in [0.15, 0.2) is 0 Å². The number of benzene rings is 3. The van der Waals surface area contributed by atoms with Gasteiger partial charge >= 0.3 is 5.97 Å². The van der Waals surface area contributed by atoms with Gasteiger partial charge in [-0.05, 0) is 58.3 Å². The minimum atomic E-state index is -1.23. The van der Waals surface area contributed by atoms with Gasteiger partial charge in [0.2, 0.25) is 0 Å². The van der Waals surface area contributed by atoms with Gasteiger partial charge in [0, 0.05) is 28.5 Å². The van der Waals surface area contributed by atoms with Crippen molar-refractivity contribution in [1.29, 1.82) is 0 Å². The van der Waals surface area contributed by atoms with Crippen molar-refractivity contribution in [3.8, 4) is 11.1 Å². The minimum Gasteiger partial charge on any atom is -0.478 e. The first-order valence-corrected chi connectivity index (χ1v) is 11.9. The maximum absolute atomic E-state index is 13.2. The van der Waals surface area contributed by atoms with Gasteiger partial charge in [-0.2, -0.15) is 0 Å². The van der Waals surface area contributed by atoms with E-state index in [4.69, 9.17) is 0 Å². The Labute approximate surface area is 214 Å². The Morgan fingerprint density at radius 3 is 2.32 bits per heavy atom. The number of hydrogen-bond acceptors (Lipinski definition) is 4. The van der Waals surface area contributed by atoms with Gasteiger partial charge in [0.25, 0.3) is 11.8 Å². The van der Waals surface area contributed by atoms with Crippen LogP contribution in [0.5, 0.6) is 0 Å². The Kier molecular flexibility index (Phi) is 7.13. The standard InChI is InChI=1S/C29H29N3O5/c1-29(2,3)25(16-33)32-26(34)18-9-11-21(23(14-18)28(36)37)20-6-4-5-7-22(20)27(35)31-19-10-8-17-12-13-30-24(17)15-19/h4-15,25,30,33H,16H2,1-3H3,(H,31,35)(H,32,34)(H,36,37)/t25-/m1/s1. The lowest BCUT2D eigenvalue weighted by Gasteiger charge is -2.29. The van der Waals surface area contributed by atoms with Gasteiger partial charge in [-0.25, -0.2) is 4.79 Å². The van der Waals surface area contributed by atoms with E-state index in [2.05, 4.69) is 15.6 Å². The van der Waals surface area contributed by atoms with Gasteiger partial charge in [-0.15, -0.1) is 0 Å². The summed E-state index contributed by atoms with van der Waals surface area (Å²) in [5, 5.41) is 26.3. The summed E-state index contributed by atoms with van der Waals surface area (Å²) in [6.07, 6.45) is 1.82. The fourth-order valence-electron chi connectivity index (χ4n) is 4.11. The zero-order valence-corrected chi connectivity index (χ0v) is 20.8. The van der Waals surface area contributed by atoms with E-state index in [1.807, 2.05) is 45.2 Å². The number of fused-ring (bicyclic) bond motifs is 1. The maximum atomic E-state index is 13.2. The first kappa shape index (κ1) is 25.7. The molecule has 0 spiro atoms. The topological polar surface area (TPSA) is 132 Å². The van der Waals surface area contributed by atoms with Gasteiger partial charge in [-0.3, -0.25) is 9.59 Å². The SMILES string of the molecule is CC(C)(C)[C@@H](CO)NC(=O)c1ccc(-c2ccccc2C(=O)Nc2ccc3cc[nH]c3c2)c(C(=O)O)c1. The molecule has 2 amide bonds. The summed E-state index contributed by atoms with van der Waals surface area (Å²) in [5.41, 5.74) is 2.14. The smallest absolute Gasteiger partial charge is 0.336 e. The highest BCUT2D eigenvalue weighted by Gasteiger charge is 2.27. The Balaban J connectivity index is 1.66. The molecule has 0 fully saturated rings. The minimum absolute atomic E-state index is 0.114. The maximum Gasteiger partial charge on any atom is 0.336 e.